The smallest absolute Gasteiger partial charge is 0.237 e. The van der Waals surface area contributed by atoms with Gasteiger partial charge in [0.2, 0.25) is 5.91 Å². The first-order valence-corrected chi connectivity index (χ1v) is 7.93. The van der Waals surface area contributed by atoms with E-state index >= 15 is 0 Å². The van der Waals surface area contributed by atoms with E-state index in [-0.39, 0.29) is 18.0 Å². The highest BCUT2D eigenvalue weighted by atomic mass is 16.2. The molecule has 1 amide bonds. The lowest BCUT2D eigenvalue weighted by molar-refractivity contribution is -0.123. The van der Waals surface area contributed by atoms with Crippen molar-refractivity contribution in [1.29, 1.82) is 0 Å². The molecule has 1 saturated carbocycles. The SMILES string of the molecule is CCCC(C)NC(=O)C(C)NC1CCCCC1(C)C. The van der Waals surface area contributed by atoms with Gasteiger partial charge in [0.05, 0.1) is 6.04 Å². The number of carbonyl (C=O) groups is 1. The molecule has 1 fully saturated rings. The predicted molar refractivity (Wildman–Crippen MR) is 81.1 cm³/mol. The van der Waals surface area contributed by atoms with Crippen molar-refractivity contribution in [2.45, 2.75) is 91.3 Å². The molecule has 2 N–H and O–H groups in total. The number of nitrogens with one attached hydrogen (secondary N) is 2. The normalized spacial score (nSPS) is 25.6. The van der Waals surface area contributed by atoms with Crippen LogP contribution in [0.15, 0.2) is 0 Å². The highest BCUT2D eigenvalue weighted by molar-refractivity contribution is 5.81. The zero-order chi connectivity index (χ0) is 14.5. The molecule has 112 valence electrons. The van der Waals surface area contributed by atoms with Crippen molar-refractivity contribution in [2.24, 2.45) is 5.41 Å². The van der Waals surface area contributed by atoms with E-state index in [0.29, 0.717) is 11.5 Å². The largest absolute Gasteiger partial charge is 0.352 e. The molecule has 0 radical (unpaired) electrons. The molecule has 19 heavy (non-hydrogen) atoms. The Bertz CT molecular complexity index is 288. The van der Waals surface area contributed by atoms with Gasteiger partial charge in [0.1, 0.15) is 0 Å². The first kappa shape index (κ1) is 16.5. The van der Waals surface area contributed by atoms with Crippen LogP contribution in [0, 0.1) is 5.41 Å². The first-order chi connectivity index (χ1) is 8.86. The van der Waals surface area contributed by atoms with Crippen LogP contribution < -0.4 is 10.6 Å². The van der Waals surface area contributed by atoms with Crippen molar-refractivity contribution in [3.8, 4) is 0 Å². The van der Waals surface area contributed by atoms with Crippen LogP contribution in [0.4, 0.5) is 0 Å². The fourth-order valence-corrected chi connectivity index (χ4v) is 3.05. The number of carbonyl (C=O) groups excluding carboxylic acids is 1. The molecule has 3 atom stereocenters. The summed E-state index contributed by atoms with van der Waals surface area (Å²) in [7, 11) is 0. The number of rotatable bonds is 6. The summed E-state index contributed by atoms with van der Waals surface area (Å²) >= 11 is 0. The van der Waals surface area contributed by atoms with Crippen LogP contribution in [0.3, 0.4) is 0 Å². The van der Waals surface area contributed by atoms with Gasteiger partial charge in [-0.3, -0.25) is 4.79 Å². The quantitative estimate of drug-likeness (QED) is 0.776. The zero-order valence-corrected chi connectivity index (χ0v) is 13.4. The monoisotopic (exact) mass is 268 g/mol. The fourth-order valence-electron chi connectivity index (χ4n) is 3.05. The van der Waals surface area contributed by atoms with E-state index < -0.39 is 0 Å². The van der Waals surface area contributed by atoms with E-state index in [1.54, 1.807) is 0 Å². The summed E-state index contributed by atoms with van der Waals surface area (Å²) in [6.07, 6.45) is 7.20. The number of hydrogen-bond donors (Lipinski definition) is 2. The van der Waals surface area contributed by atoms with E-state index in [0.717, 1.165) is 12.8 Å². The van der Waals surface area contributed by atoms with Crippen LogP contribution in [0.1, 0.15) is 73.1 Å². The van der Waals surface area contributed by atoms with Crippen molar-refractivity contribution < 1.29 is 4.79 Å². The number of hydrogen-bond acceptors (Lipinski definition) is 2. The zero-order valence-electron chi connectivity index (χ0n) is 13.4. The number of amides is 1. The summed E-state index contributed by atoms with van der Waals surface area (Å²) in [4.78, 5) is 12.1. The van der Waals surface area contributed by atoms with Gasteiger partial charge >= 0.3 is 0 Å². The second kappa shape index (κ2) is 7.28. The van der Waals surface area contributed by atoms with Crippen molar-refractivity contribution in [3.05, 3.63) is 0 Å². The summed E-state index contributed by atoms with van der Waals surface area (Å²) < 4.78 is 0. The summed E-state index contributed by atoms with van der Waals surface area (Å²) in [6.45, 7) is 10.8. The van der Waals surface area contributed by atoms with Crippen LogP contribution in [0.2, 0.25) is 0 Å². The maximum absolute atomic E-state index is 12.1. The molecule has 0 aromatic carbocycles. The maximum Gasteiger partial charge on any atom is 0.237 e. The Morgan fingerprint density at radius 2 is 2.00 bits per heavy atom. The lowest BCUT2D eigenvalue weighted by Gasteiger charge is -2.40. The van der Waals surface area contributed by atoms with Crippen molar-refractivity contribution in [3.63, 3.8) is 0 Å². The minimum absolute atomic E-state index is 0.0957. The summed E-state index contributed by atoms with van der Waals surface area (Å²) in [5.74, 6) is 0.141. The Balaban J connectivity index is 2.44. The average molecular weight is 268 g/mol. The second-order valence-corrected chi connectivity index (χ2v) is 6.87. The van der Waals surface area contributed by atoms with E-state index in [4.69, 9.17) is 0 Å². The standard InChI is InChI=1S/C16H32N2O/c1-6-9-12(2)17-15(19)13(3)18-14-10-7-8-11-16(14,4)5/h12-14,18H,6-11H2,1-5H3,(H,17,19). The van der Waals surface area contributed by atoms with Gasteiger partial charge in [0.25, 0.3) is 0 Å². The maximum atomic E-state index is 12.1. The molecular weight excluding hydrogens is 236 g/mol. The van der Waals surface area contributed by atoms with Gasteiger partial charge in [-0.05, 0) is 38.5 Å². The van der Waals surface area contributed by atoms with Crippen LogP contribution in [0.25, 0.3) is 0 Å². The third kappa shape index (κ3) is 5.13. The second-order valence-electron chi connectivity index (χ2n) is 6.87. The molecule has 3 nitrogen and oxygen atoms in total. The van der Waals surface area contributed by atoms with Crippen molar-refractivity contribution >= 4 is 5.91 Å². The van der Waals surface area contributed by atoms with Gasteiger partial charge in [-0.25, -0.2) is 0 Å². The van der Waals surface area contributed by atoms with Crippen LogP contribution in [0.5, 0.6) is 0 Å². The van der Waals surface area contributed by atoms with E-state index in [1.807, 2.05) is 6.92 Å². The molecule has 1 rings (SSSR count). The van der Waals surface area contributed by atoms with Gasteiger partial charge in [-0.2, -0.15) is 0 Å². The molecule has 0 bridgehead atoms. The highest BCUT2D eigenvalue weighted by Crippen LogP contribution is 2.35. The van der Waals surface area contributed by atoms with E-state index in [1.165, 1.54) is 25.7 Å². The molecule has 3 heteroatoms. The molecule has 3 unspecified atom stereocenters. The first-order valence-electron chi connectivity index (χ1n) is 7.93. The third-order valence-corrected chi connectivity index (χ3v) is 4.46. The van der Waals surface area contributed by atoms with E-state index in [2.05, 4.69) is 38.3 Å². The lowest BCUT2D eigenvalue weighted by Crippen LogP contribution is -2.53. The van der Waals surface area contributed by atoms with Crippen LogP contribution in [-0.4, -0.2) is 24.0 Å². The Kier molecular flexibility index (Phi) is 6.31. The molecule has 0 aliphatic heterocycles. The summed E-state index contributed by atoms with van der Waals surface area (Å²) in [6, 6.07) is 0.645. The Labute approximate surface area is 118 Å². The molecule has 0 heterocycles. The Hall–Kier alpha value is -0.570. The van der Waals surface area contributed by atoms with Crippen molar-refractivity contribution in [2.75, 3.05) is 0 Å². The van der Waals surface area contributed by atoms with Crippen LogP contribution in [-0.2, 0) is 4.79 Å². The molecular formula is C16H32N2O. The molecule has 1 aliphatic carbocycles. The van der Waals surface area contributed by atoms with Crippen LogP contribution >= 0.6 is 0 Å². The molecule has 0 spiro atoms. The summed E-state index contributed by atoms with van der Waals surface area (Å²) in [5.41, 5.74) is 0.307. The van der Waals surface area contributed by atoms with Gasteiger partial charge in [0.15, 0.2) is 0 Å². The lowest BCUT2D eigenvalue weighted by atomic mass is 9.73. The fraction of sp³-hybridized carbons (Fsp3) is 0.938. The molecule has 1 aliphatic rings. The van der Waals surface area contributed by atoms with Gasteiger partial charge < -0.3 is 10.6 Å². The highest BCUT2D eigenvalue weighted by Gasteiger charge is 2.33. The molecule has 0 aromatic heterocycles. The minimum Gasteiger partial charge on any atom is -0.352 e. The Morgan fingerprint density at radius 3 is 2.58 bits per heavy atom. The molecule has 0 saturated heterocycles. The third-order valence-electron chi connectivity index (χ3n) is 4.46. The summed E-state index contributed by atoms with van der Waals surface area (Å²) in [5, 5.41) is 6.64. The van der Waals surface area contributed by atoms with Gasteiger partial charge in [-0.1, -0.05) is 40.0 Å². The van der Waals surface area contributed by atoms with Gasteiger partial charge in [0, 0.05) is 12.1 Å². The Morgan fingerprint density at radius 1 is 1.32 bits per heavy atom. The average Bonchev–Trinajstić information content (AvgIpc) is 2.31. The minimum atomic E-state index is -0.0957. The van der Waals surface area contributed by atoms with Gasteiger partial charge in [-0.15, -0.1) is 0 Å². The molecule has 0 aromatic rings. The topological polar surface area (TPSA) is 41.1 Å². The predicted octanol–water partition coefficient (Wildman–Crippen LogP) is 3.24. The van der Waals surface area contributed by atoms with Crippen molar-refractivity contribution in [1.82, 2.24) is 10.6 Å². The van der Waals surface area contributed by atoms with E-state index in [9.17, 15) is 4.79 Å².